The lowest BCUT2D eigenvalue weighted by molar-refractivity contribution is -0.148. The van der Waals surface area contributed by atoms with Crippen LogP contribution in [0.25, 0.3) is 0 Å². The van der Waals surface area contributed by atoms with Gasteiger partial charge in [0, 0.05) is 47.9 Å². The van der Waals surface area contributed by atoms with Crippen LogP contribution in [0.4, 0.5) is 11.4 Å². The molecule has 4 aliphatic rings. The number of anilines is 2. The van der Waals surface area contributed by atoms with Crippen molar-refractivity contribution in [1.82, 2.24) is 0 Å². The van der Waals surface area contributed by atoms with Gasteiger partial charge in [0.05, 0.1) is 6.42 Å². The zero-order chi connectivity index (χ0) is 31.0. The summed E-state index contributed by atoms with van der Waals surface area (Å²) in [4.78, 5) is 18.7. The van der Waals surface area contributed by atoms with E-state index in [1.165, 1.54) is 70.7 Å². The number of fused-ring (bicyclic) bond motifs is 4. The maximum absolute atomic E-state index is 13.4. The van der Waals surface area contributed by atoms with Crippen molar-refractivity contribution in [2.45, 2.75) is 116 Å². The highest BCUT2D eigenvalue weighted by Gasteiger charge is 2.46. The minimum atomic E-state index is -0.274. The van der Waals surface area contributed by atoms with E-state index in [0.29, 0.717) is 12.3 Å². The summed E-state index contributed by atoms with van der Waals surface area (Å²) in [6, 6.07) is 17.6. The molecule has 1 aliphatic carbocycles. The molecule has 0 amide bonds. The Morgan fingerprint density at radius 1 is 0.977 bits per heavy atom. The zero-order valence-corrected chi connectivity index (χ0v) is 27.9. The Balaban J connectivity index is 1.42. The van der Waals surface area contributed by atoms with Gasteiger partial charge in [-0.2, -0.15) is 0 Å². The molecule has 4 nitrogen and oxygen atoms in total. The summed E-state index contributed by atoms with van der Waals surface area (Å²) in [7, 11) is 0. The van der Waals surface area contributed by atoms with Crippen LogP contribution >= 0.6 is 0 Å². The number of hydrogen-bond donors (Lipinski definition) is 0. The smallest absolute Gasteiger partial charge is 0.310 e. The Bertz CT molecular complexity index is 1600. The first-order chi connectivity index (χ1) is 21.0. The largest absolute Gasteiger partial charge is 0.461 e. The molecule has 0 N–H and O–H groups in total. The minimum absolute atomic E-state index is 0.00844. The summed E-state index contributed by atoms with van der Waals surface area (Å²) in [5, 5.41) is 0. The molecule has 0 saturated carbocycles. The number of carbonyl (C=O) groups excluding carboxylic acids is 1. The molecule has 0 bridgehead atoms. The van der Waals surface area contributed by atoms with Crippen molar-refractivity contribution >= 4 is 17.3 Å². The van der Waals surface area contributed by atoms with E-state index in [1.54, 1.807) is 5.56 Å². The standard InChI is InChI=1S/C40H50N2O2/c1-8-42-34-23-33-31(22-30(34)25(2)24-39(42,4)5)36(26(3)44-35(43)20-27-14-10-9-11-15-27)32-21-28-16-12-18-41-19-13-17-29(38(28)41)37(32)40(33,6)7/h9-11,14-15,21-23,25-26,36H,8,12-13,16-20,24H2,1-7H3. The molecule has 3 aromatic carbocycles. The predicted molar refractivity (Wildman–Crippen MR) is 182 cm³/mol. The molecule has 232 valence electrons. The summed E-state index contributed by atoms with van der Waals surface area (Å²) >= 11 is 0. The SMILES string of the molecule is CCN1c2cc3c(cc2C(C)CC1(C)C)C(C(C)OC(=O)Cc1ccccc1)c1cc2c4c(c1C3(C)C)CCCN4CCC2. The number of aryl methyl sites for hydroxylation is 1. The number of rotatable bonds is 5. The van der Waals surface area contributed by atoms with Gasteiger partial charge in [-0.05, 0) is 116 Å². The van der Waals surface area contributed by atoms with Crippen LogP contribution in [0.5, 0.6) is 0 Å². The van der Waals surface area contributed by atoms with Crippen molar-refractivity contribution in [3.05, 3.63) is 93.0 Å². The van der Waals surface area contributed by atoms with Crippen LogP contribution in [0.15, 0.2) is 48.5 Å². The van der Waals surface area contributed by atoms with E-state index in [9.17, 15) is 4.79 Å². The molecule has 0 fully saturated rings. The molecule has 7 rings (SSSR count). The summed E-state index contributed by atoms with van der Waals surface area (Å²) < 4.78 is 6.41. The van der Waals surface area contributed by atoms with Gasteiger partial charge in [0.1, 0.15) is 6.10 Å². The first-order valence-corrected chi connectivity index (χ1v) is 17.1. The fraction of sp³-hybridized carbons (Fsp3) is 0.525. The molecule has 3 aromatic rings. The highest BCUT2D eigenvalue weighted by molar-refractivity contribution is 5.76. The molecule has 4 heteroatoms. The van der Waals surface area contributed by atoms with E-state index in [-0.39, 0.29) is 28.9 Å². The summed E-state index contributed by atoms with van der Waals surface area (Å²) in [5.74, 6) is 0.328. The summed E-state index contributed by atoms with van der Waals surface area (Å²) in [5.41, 5.74) is 14.0. The molecule has 3 aliphatic heterocycles. The van der Waals surface area contributed by atoms with Crippen molar-refractivity contribution in [1.29, 1.82) is 0 Å². The lowest BCUT2D eigenvalue weighted by Gasteiger charge is -2.50. The van der Waals surface area contributed by atoms with Crippen molar-refractivity contribution < 1.29 is 9.53 Å². The molecule has 3 heterocycles. The minimum Gasteiger partial charge on any atom is -0.461 e. The molecular weight excluding hydrogens is 540 g/mol. The molecule has 0 saturated heterocycles. The average Bonchev–Trinajstić information content (AvgIpc) is 2.97. The summed E-state index contributed by atoms with van der Waals surface area (Å²) in [6.45, 7) is 19.9. The average molecular weight is 591 g/mol. The highest BCUT2D eigenvalue weighted by atomic mass is 16.5. The first-order valence-electron chi connectivity index (χ1n) is 17.1. The molecule has 0 spiro atoms. The number of esters is 1. The maximum atomic E-state index is 13.4. The third-order valence-electron chi connectivity index (χ3n) is 11.4. The molecule has 0 radical (unpaired) electrons. The number of nitrogens with zero attached hydrogens (tertiary/aromatic N) is 2. The van der Waals surface area contributed by atoms with Crippen LogP contribution in [0.3, 0.4) is 0 Å². The molecular formula is C40H50N2O2. The van der Waals surface area contributed by atoms with Crippen LogP contribution in [-0.4, -0.2) is 37.2 Å². The fourth-order valence-electron chi connectivity index (χ4n) is 9.70. The van der Waals surface area contributed by atoms with Gasteiger partial charge < -0.3 is 14.5 Å². The third-order valence-corrected chi connectivity index (χ3v) is 11.4. The van der Waals surface area contributed by atoms with Crippen LogP contribution in [0.2, 0.25) is 0 Å². The summed E-state index contributed by atoms with van der Waals surface area (Å²) in [6.07, 6.45) is 5.84. The quantitative estimate of drug-likeness (QED) is 0.279. The van der Waals surface area contributed by atoms with Gasteiger partial charge in [-0.25, -0.2) is 0 Å². The second-order valence-electron chi connectivity index (χ2n) is 15.1. The Morgan fingerprint density at radius 2 is 1.70 bits per heavy atom. The van der Waals surface area contributed by atoms with E-state index in [2.05, 4.69) is 76.5 Å². The lowest BCUT2D eigenvalue weighted by atomic mass is 9.60. The Kier molecular flexibility index (Phi) is 7.14. The van der Waals surface area contributed by atoms with Crippen LogP contribution in [-0.2, 0) is 34.2 Å². The van der Waals surface area contributed by atoms with Crippen molar-refractivity contribution in [2.24, 2.45) is 0 Å². The monoisotopic (exact) mass is 590 g/mol. The second kappa shape index (κ2) is 10.7. The Labute approximate surface area is 264 Å². The topological polar surface area (TPSA) is 32.8 Å². The van der Waals surface area contributed by atoms with E-state index < -0.39 is 0 Å². The van der Waals surface area contributed by atoms with Gasteiger partial charge in [0.25, 0.3) is 0 Å². The van der Waals surface area contributed by atoms with E-state index in [1.807, 2.05) is 30.3 Å². The number of benzene rings is 3. The lowest BCUT2D eigenvalue weighted by Crippen LogP contribution is -2.48. The van der Waals surface area contributed by atoms with Crippen molar-refractivity contribution in [3.63, 3.8) is 0 Å². The van der Waals surface area contributed by atoms with Crippen molar-refractivity contribution in [3.8, 4) is 0 Å². The van der Waals surface area contributed by atoms with Gasteiger partial charge in [-0.1, -0.05) is 63.2 Å². The number of hydrogen-bond acceptors (Lipinski definition) is 4. The van der Waals surface area contributed by atoms with Gasteiger partial charge in [-0.3, -0.25) is 4.79 Å². The number of carbonyl (C=O) groups is 1. The zero-order valence-electron chi connectivity index (χ0n) is 27.9. The molecule has 44 heavy (non-hydrogen) atoms. The van der Waals surface area contributed by atoms with Crippen molar-refractivity contribution in [2.75, 3.05) is 29.4 Å². The molecule has 0 aromatic heterocycles. The fourth-order valence-corrected chi connectivity index (χ4v) is 9.70. The highest BCUT2D eigenvalue weighted by Crippen LogP contribution is 2.56. The normalized spacial score (nSPS) is 23.2. The van der Waals surface area contributed by atoms with E-state index in [0.717, 1.165) is 31.4 Å². The van der Waals surface area contributed by atoms with Gasteiger partial charge in [-0.15, -0.1) is 0 Å². The predicted octanol–water partition coefficient (Wildman–Crippen LogP) is 8.44. The first kappa shape index (κ1) is 29.4. The number of ether oxygens (including phenoxy) is 1. The van der Waals surface area contributed by atoms with Gasteiger partial charge >= 0.3 is 5.97 Å². The van der Waals surface area contributed by atoms with Crippen LogP contribution in [0.1, 0.15) is 124 Å². The van der Waals surface area contributed by atoms with E-state index in [4.69, 9.17) is 4.74 Å². The Hall–Kier alpha value is -3.27. The molecule has 3 atom stereocenters. The second-order valence-corrected chi connectivity index (χ2v) is 15.1. The van der Waals surface area contributed by atoms with Crippen LogP contribution in [0, 0.1) is 0 Å². The molecule has 3 unspecified atom stereocenters. The Morgan fingerprint density at radius 3 is 2.43 bits per heavy atom. The maximum Gasteiger partial charge on any atom is 0.310 e. The van der Waals surface area contributed by atoms with E-state index >= 15 is 0 Å². The van der Waals surface area contributed by atoms with Gasteiger partial charge in [0.15, 0.2) is 0 Å². The third kappa shape index (κ3) is 4.58. The van der Waals surface area contributed by atoms with Gasteiger partial charge in [0.2, 0.25) is 0 Å². The van der Waals surface area contributed by atoms with Crippen LogP contribution < -0.4 is 9.80 Å².